The molecule has 0 aromatic heterocycles. The number of amides is 3. The number of likely N-dealkylation sites (tertiary alicyclic amines) is 2. The number of aryl methyl sites for hydroxylation is 1. The number of hydrogen-bond acceptors (Lipinski definition) is 4. The van der Waals surface area contributed by atoms with Crippen molar-refractivity contribution in [2.75, 3.05) is 26.2 Å². The van der Waals surface area contributed by atoms with Gasteiger partial charge in [0.05, 0.1) is 12.5 Å². The van der Waals surface area contributed by atoms with E-state index in [1.54, 1.807) is 4.90 Å². The maximum atomic E-state index is 12.6. The predicted octanol–water partition coefficient (Wildman–Crippen LogP) is 2.52. The van der Waals surface area contributed by atoms with Crippen molar-refractivity contribution in [3.8, 4) is 5.75 Å². The maximum absolute atomic E-state index is 12.6. The van der Waals surface area contributed by atoms with Gasteiger partial charge in [-0.3, -0.25) is 14.4 Å². The first kappa shape index (κ1) is 23.1. The lowest BCUT2D eigenvalue weighted by atomic mass is 10.0. The first-order valence-corrected chi connectivity index (χ1v) is 11.4. The van der Waals surface area contributed by atoms with E-state index in [2.05, 4.69) is 5.32 Å². The van der Waals surface area contributed by atoms with E-state index in [1.165, 1.54) is 0 Å². The molecule has 3 amide bonds. The summed E-state index contributed by atoms with van der Waals surface area (Å²) in [4.78, 5) is 40.8. The van der Waals surface area contributed by atoms with Crippen molar-refractivity contribution >= 4 is 17.7 Å². The molecule has 1 aromatic carbocycles. The molecule has 2 aliphatic rings. The number of nitrogens with zero attached hydrogens (tertiary/aromatic N) is 2. The summed E-state index contributed by atoms with van der Waals surface area (Å²) in [7, 11) is 0. The van der Waals surface area contributed by atoms with Gasteiger partial charge < -0.3 is 19.9 Å². The van der Waals surface area contributed by atoms with Crippen LogP contribution in [0.25, 0.3) is 0 Å². The second kappa shape index (κ2) is 10.6. The van der Waals surface area contributed by atoms with Gasteiger partial charge in [-0.2, -0.15) is 0 Å². The van der Waals surface area contributed by atoms with E-state index in [0.29, 0.717) is 45.5 Å². The predicted molar refractivity (Wildman–Crippen MR) is 119 cm³/mol. The van der Waals surface area contributed by atoms with Crippen LogP contribution >= 0.6 is 0 Å². The number of piperidine rings is 1. The zero-order valence-corrected chi connectivity index (χ0v) is 18.9. The molecule has 2 heterocycles. The summed E-state index contributed by atoms with van der Waals surface area (Å²) >= 11 is 0. The van der Waals surface area contributed by atoms with Gasteiger partial charge in [-0.05, 0) is 51.7 Å². The number of hydrogen-bond donors (Lipinski definition) is 1. The Balaban J connectivity index is 1.33. The zero-order chi connectivity index (χ0) is 22.4. The fourth-order valence-corrected chi connectivity index (χ4v) is 4.28. The van der Waals surface area contributed by atoms with Crippen molar-refractivity contribution in [1.29, 1.82) is 0 Å². The maximum Gasteiger partial charge on any atom is 0.225 e. The van der Waals surface area contributed by atoms with Crippen LogP contribution in [0.3, 0.4) is 0 Å². The molecule has 0 bridgehead atoms. The van der Waals surface area contributed by atoms with Crippen LogP contribution in [-0.2, 0) is 14.4 Å². The number of carbonyl (C=O) groups is 3. The Morgan fingerprint density at radius 3 is 2.55 bits per heavy atom. The minimum absolute atomic E-state index is 0.0327. The minimum Gasteiger partial charge on any atom is -0.493 e. The van der Waals surface area contributed by atoms with E-state index in [0.717, 1.165) is 24.2 Å². The van der Waals surface area contributed by atoms with Crippen molar-refractivity contribution in [2.45, 2.75) is 65.0 Å². The van der Waals surface area contributed by atoms with E-state index >= 15 is 0 Å². The van der Waals surface area contributed by atoms with Crippen molar-refractivity contribution in [2.24, 2.45) is 5.92 Å². The van der Waals surface area contributed by atoms with Crippen LogP contribution < -0.4 is 10.1 Å². The number of nitrogens with one attached hydrogen (secondary N) is 1. The first-order chi connectivity index (χ1) is 14.8. The Kier molecular flexibility index (Phi) is 7.93. The van der Waals surface area contributed by atoms with Gasteiger partial charge in [0, 0.05) is 44.6 Å². The molecule has 1 aromatic rings. The summed E-state index contributed by atoms with van der Waals surface area (Å²) in [5.41, 5.74) is 1.09. The Hall–Kier alpha value is -2.57. The highest BCUT2D eigenvalue weighted by atomic mass is 16.5. The molecule has 7 nitrogen and oxygen atoms in total. The Morgan fingerprint density at radius 2 is 1.90 bits per heavy atom. The Bertz CT molecular complexity index is 787. The standard InChI is InChI=1S/C24H35N3O4/c1-17(2)27-16-19(15-23(27)29)24(30)25-20-10-12-26(13-11-20)22(28)9-6-14-31-21-8-5-4-7-18(21)3/h4-5,7-8,17,19-20H,6,9-16H2,1-3H3,(H,25,30). The van der Waals surface area contributed by atoms with E-state index < -0.39 is 0 Å². The smallest absolute Gasteiger partial charge is 0.225 e. The first-order valence-electron chi connectivity index (χ1n) is 11.4. The molecule has 2 saturated heterocycles. The van der Waals surface area contributed by atoms with Crippen LogP contribution in [0.4, 0.5) is 0 Å². The van der Waals surface area contributed by atoms with Crippen molar-refractivity contribution < 1.29 is 19.1 Å². The molecule has 0 spiro atoms. The summed E-state index contributed by atoms with van der Waals surface area (Å²) in [5.74, 6) is 0.776. The fraction of sp³-hybridized carbons (Fsp3) is 0.625. The quantitative estimate of drug-likeness (QED) is 0.644. The molecular formula is C24H35N3O4. The summed E-state index contributed by atoms with van der Waals surface area (Å²) in [6.45, 7) is 8.29. The largest absolute Gasteiger partial charge is 0.493 e. The lowest BCUT2D eigenvalue weighted by Crippen LogP contribution is -2.48. The summed E-state index contributed by atoms with van der Waals surface area (Å²) in [6, 6.07) is 8.07. The van der Waals surface area contributed by atoms with E-state index in [4.69, 9.17) is 4.74 Å². The third-order valence-electron chi connectivity index (χ3n) is 6.23. The van der Waals surface area contributed by atoms with E-state index in [-0.39, 0.29) is 35.7 Å². The van der Waals surface area contributed by atoms with Gasteiger partial charge in [0.25, 0.3) is 0 Å². The molecule has 0 radical (unpaired) electrons. The normalized spacial score (nSPS) is 19.7. The van der Waals surface area contributed by atoms with Crippen molar-refractivity contribution in [3.63, 3.8) is 0 Å². The van der Waals surface area contributed by atoms with Crippen LogP contribution in [-0.4, -0.2) is 65.8 Å². The zero-order valence-electron chi connectivity index (χ0n) is 18.9. The average molecular weight is 430 g/mol. The number of rotatable bonds is 8. The van der Waals surface area contributed by atoms with Gasteiger partial charge in [-0.15, -0.1) is 0 Å². The highest BCUT2D eigenvalue weighted by Gasteiger charge is 2.36. The van der Waals surface area contributed by atoms with E-state index in [9.17, 15) is 14.4 Å². The molecule has 1 N–H and O–H groups in total. The molecule has 0 saturated carbocycles. The van der Waals surface area contributed by atoms with Gasteiger partial charge >= 0.3 is 0 Å². The number of para-hydroxylation sites is 1. The number of ether oxygens (including phenoxy) is 1. The molecule has 7 heteroatoms. The lowest BCUT2D eigenvalue weighted by molar-refractivity contribution is -0.133. The molecule has 1 atom stereocenters. The topological polar surface area (TPSA) is 79.0 Å². The number of benzene rings is 1. The highest BCUT2D eigenvalue weighted by Crippen LogP contribution is 2.21. The van der Waals surface area contributed by atoms with Gasteiger partial charge in [0.2, 0.25) is 17.7 Å². The second-order valence-electron chi connectivity index (χ2n) is 8.92. The third-order valence-corrected chi connectivity index (χ3v) is 6.23. The second-order valence-corrected chi connectivity index (χ2v) is 8.92. The van der Waals surface area contributed by atoms with Gasteiger partial charge in [0.1, 0.15) is 5.75 Å². The molecule has 3 rings (SSSR count). The van der Waals surface area contributed by atoms with Crippen LogP contribution in [0.1, 0.15) is 51.5 Å². The van der Waals surface area contributed by atoms with Gasteiger partial charge in [0.15, 0.2) is 0 Å². The average Bonchev–Trinajstić information content (AvgIpc) is 3.15. The Morgan fingerprint density at radius 1 is 1.19 bits per heavy atom. The number of carbonyl (C=O) groups excluding carboxylic acids is 3. The van der Waals surface area contributed by atoms with E-state index in [1.807, 2.05) is 49.9 Å². The Labute approximate surface area is 185 Å². The van der Waals surface area contributed by atoms with Crippen LogP contribution in [0, 0.1) is 12.8 Å². The molecule has 1 unspecified atom stereocenters. The third kappa shape index (κ3) is 6.21. The van der Waals surface area contributed by atoms with Crippen LogP contribution in [0.15, 0.2) is 24.3 Å². The molecular weight excluding hydrogens is 394 g/mol. The molecule has 31 heavy (non-hydrogen) atoms. The molecule has 0 aliphatic carbocycles. The molecule has 2 fully saturated rings. The van der Waals surface area contributed by atoms with Gasteiger partial charge in [-0.25, -0.2) is 0 Å². The fourth-order valence-electron chi connectivity index (χ4n) is 4.28. The lowest BCUT2D eigenvalue weighted by Gasteiger charge is -2.33. The minimum atomic E-state index is -0.261. The van der Waals surface area contributed by atoms with Crippen LogP contribution in [0.5, 0.6) is 5.75 Å². The van der Waals surface area contributed by atoms with Crippen LogP contribution in [0.2, 0.25) is 0 Å². The van der Waals surface area contributed by atoms with Crippen molar-refractivity contribution in [3.05, 3.63) is 29.8 Å². The molecule has 2 aliphatic heterocycles. The van der Waals surface area contributed by atoms with Gasteiger partial charge in [-0.1, -0.05) is 18.2 Å². The van der Waals surface area contributed by atoms with Crippen molar-refractivity contribution in [1.82, 2.24) is 15.1 Å². The summed E-state index contributed by atoms with van der Waals surface area (Å²) < 4.78 is 5.77. The SMILES string of the molecule is Cc1ccccc1OCCCC(=O)N1CCC(NC(=O)C2CC(=O)N(C(C)C)C2)CC1. The highest BCUT2D eigenvalue weighted by molar-refractivity contribution is 5.89. The molecule has 170 valence electrons. The summed E-state index contributed by atoms with van der Waals surface area (Å²) in [6.07, 6.45) is 2.97. The summed E-state index contributed by atoms with van der Waals surface area (Å²) in [5, 5.41) is 3.10. The monoisotopic (exact) mass is 429 g/mol.